The Labute approximate surface area is 156 Å². The Kier molecular flexibility index (Phi) is 5.24. The largest absolute Gasteiger partial charge is 0.335 e. The summed E-state index contributed by atoms with van der Waals surface area (Å²) in [5.41, 5.74) is 0. The molecule has 1 aliphatic heterocycles. The highest BCUT2D eigenvalue weighted by atomic mass is 79.9. The molecule has 5 nitrogen and oxygen atoms in total. The summed E-state index contributed by atoms with van der Waals surface area (Å²) in [6.07, 6.45) is 0. The third-order valence-electron chi connectivity index (χ3n) is 3.83. The molecule has 0 radical (unpaired) electrons. The maximum absolute atomic E-state index is 13.8. The summed E-state index contributed by atoms with van der Waals surface area (Å²) in [7, 11) is -4.29. The fourth-order valence-electron chi connectivity index (χ4n) is 2.57. The summed E-state index contributed by atoms with van der Waals surface area (Å²) in [5, 5.41) is 0. The zero-order valence-corrected chi connectivity index (χ0v) is 16.0. The van der Waals surface area contributed by atoms with E-state index in [9.17, 15) is 22.0 Å². The second-order valence-corrected chi connectivity index (χ2v) is 9.69. The highest BCUT2D eigenvalue weighted by molar-refractivity contribution is 9.11. The van der Waals surface area contributed by atoms with Gasteiger partial charge in [0.15, 0.2) is 4.90 Å². The van der Waals surface area contributed by atoms with Crippen molar-refractivity contribution in [3.8, 4) is 0 Å². The lowest BCUT2D eigenvalue weighted by atomic mass is 10.3. The molecule has 1 fully saturated rings. The molecule has 1 saturated heterocycles. The van der Waals surface area contributed by atoms with Crippen molar-refractivity contribution in [1.29, 1.82) is 0 Å². The van der Waals surface area contributed by atoms with Gasteiger partial charge >= 0.3 is 0 Å². The number of carbonyl (C=O) groups excluding carboxylic acids is 1. The van der Waals surface area contributed by atoms with Crippen molar-refractivity contribution in [1.82, 2.24) is 9.21 Å². The monoisotopic (exact) mass is 450 g/mol. The van der Waals surface area contributed by atoms with Crippen molar-refractivity contribution in [3.05, 3.63) is 50.6 Å². The summed E-state index contributed by atoms with van der Waals surface area (Å²) >= 11 is 4.58. The van der Waals surface area contributed by atoms with Crippen LogP contribution < -0.4 is 0 Å². The first-order valence-electron chi connectivity index (χ1n) is 7.29. The van der Waals surface area contributed by atoms with E-state index in [0.717, 1.165) is 26.3 Å². The Balaban J connectivity index is 1.75. The van der Waals surface area contributed by atoms with E-state index in [1.54, 1.807) is 12.1 Å². The van der Waals surface area contributed by atoms with Crippen LogP contribution in [0, 0.1) is 11.6 Å². The number of halogens is 3. The van der Waals surface area contributed by atoms with Crippen LogP contribution in [-0.4, -0.2) is 49.7 Å². The predicted octanol–water partition coefficient (Wildman–Crippen LogP) is 2.94. The predicted molar refractivity (Wildman–Crippen MR) is 93.0 cm³/mol. The number of hydrogen-bond donors (Lipinski definition) is 0. The zero-order chi connectivity index (χ0) is 18.2. The molecule has 0 aliphatic carbocycles. The molecule has 0 bridgehead atoms. The summed E-state index contributed by atoms with van der Waals surface area (Å²) < 4.78 is 54.5. The molecule has 1 aromatic heterocycles. The van der Waals surface area contributed by atoms with Crippen LogP contribution in [-0.2, 0) is 10.0 Å². The first kappa shape index (κ1) is 18.4. The first-order valence-corrected chi connectivity index (χ1v) is 10.3. The molecule has 134 valence electrons. The molecular formula is C15H13BrF2N2O3S2. The SMILES string of the molecule is O=C(c1ccc(Br)s1)N1CCN(S(=O)(=O)c2c(F)cccc2F)CC1. The number of carbonyl (C=O) groups is 1. The Morgan fingerprint density at radius 2 is 1.64 bits per heavy atom. The van der Waals surface area contributed by atoms with Gasteiger partial charge in [0.05, 0.1) is 8.66 Å². The number of thiophene rings is 1. The van der Waals surface area contributed by atoms with Crippen molar-refractivity contribution in [2.24, 2.45) is 0 Å². The Morgan fingerprint density at radius 3 is 2.16 bits per heavy atom. The lowest BCUT2D eigenvalue weighted by Gasteiger charge is -2.33. The molecule has 25 heavy (non-hydrogen) atoms. The average Bonchev–Trinajstić information content (AvgIpc) is 3.00. The minimum absolute atomic E-state index is 0.0195. The van der Waals surface area contributed by atoms with Gasteiger partial charge in [0.25, 0.3) is 5.91 Å². The number of nitrogens with zero attached hydrogens (tertiary/aromatic N) is 2. The van der Waals surface area contributed by atoms with Crippen molar-refractivity contribution in [3.63, 3.8) is 0 Å². The number of piperazine rings is 1. The molecule has 10 heteroatoms. The molecule has 0 atom stereocenters. The van der Waals surface area contributed by atoms with Gasteiger partial charge in [0, 0.05) is 26.2 Å². The lowest BCUT2D eigenvalue weighted by Crippen LogP contribution is -2.50. The third kappa shape index (κ3) is 3.62. The molecule has 0 N–H and O–H groups in total. The molecule has 1 amide bonds. The van der Waals surface area contributed by atoms with E-state index in [1.807, 2.05) is 0 Å². The second-order valence-electron chi connectivity index (χ2n) is 5.35. The van der Waals surface area contributed by atoms with Crippen LogP contribution in [0.2, 0.25) is 0 Å². The number of sulfonamides is 1. The van der Waals surface area contributed by atoms with Crippen LogP contribution in [0.25, 0.3) is 0 Å². The van der Waals surface area contributed by atoms with Crippen molar-refractivity contribution < 1.29 is 22.0 Å². The van der Waals surface area contributed by atoms with Crippen LogP contribution in [0.1, 0.15) is 9.67 Å². The standard InChI is InChI=1S/C15H13BrF2N2O3S2/c16-13-5-4-12(24-13)15(21)19-6-8-20(9-7-19)25(22,23)14-10(17)2-1-3-11(14)18/h1-5H,6-9H2. The summed E-state index contributed by atoms with van der Waals surface area (Å²) in [6, 6.07) is 6.38. The zero-order valence-electron chi connectivity index (χ0n) is 12.8. The van der Waals surface area contributed by atoms with E-state index in [4.69, 9.17) is 0 Å². The highest BCUT2D eigenvalue weighted by Crippen LogP contribution is 2.26. The molecule has 1 aromatic carbocycles. The number of hydrogen-bond acceptors (Lipinski definition) is 4. The van der Waals surface area contributed by atoms with E-state index in [0.29, 0.717) is 4.88 Å². The molecule has 1 aliphatic rings. The Morgan fingerprint density at radius 1 is 1.04 bits per heavy atom. The van der Waals surface area contributed by atoms with Gasteiger partial charge in [-0.2, -0.15) is 4.31 Å². The van der Waals surface area contributed by atoms with Gasteiger partial charge in [0.2, 0.25) is 10.0 Å². The fraction of sp³-hybridized carbons (Fsp3) is 0.267. The van der Waals surface area contributed by atoms with E-state index in [2.05, 4.69) is 15.9 Å². The first-order chi connectivity index (χ1) is 11.8. The summed E-state index contributed by atoms with van der Waals surface area (Å²) in [4.78, 5) is 13.5. The Bertz CT molecular complexity index is 889. The van der Waals surface area contributed by atoms with E-state index >= 15 is 0 Å². The van der Waals surface area contributed by atoms with Gasteiger partial charge in [-0.15, -0.1) is 11.3 Å². The van der Waals surface area contributed by atoms with Crippen molar-refractivity contribution in [2.45, 2.75) is 4.90 Å². The number of benzene rings is 1. The van der Waals surface area contributed by atoms with E-state index in [1.165, 1.54) is 16.2 Å². The Hall–Kier alpha value is -1.36. The minimum Gasteiger partial charge on any atom is -0.335 e. The smallest absolute Gasteiger partial charge is 0.264 e. The minimum atomic E-state index is -4.29. The van der Waals surface area contributed by atoms with Crippen molar-refractivity contribution in [2.75, 3.05) is 26.2 Å². The maximum atomic E-state index is 13.8. The molecule has 0 spiro atoms. The van der Waals surface area contributed by atoms with Crippen LogP contribution in [0.5, 0.6) is 0 Å². The molecule has 3 rings (SSSR count). The van der Waals surface area contributed by atoms with Crippen LogP contribution >= 0.6 is 27.3 Å². The topological polar surface area (TPSA) is 57.7 Å². The van der Waals surface area contributed by atoms with Crippen LogP contribution in [0.4, 0.5) is 8.78 Å². The van der Waals surface area contributed by atoms with Crippen LogP contribution in [0.15, 0.2) is 39.0 Å². The quantitative estimate of drug-likeness (QED) is 0.722. The van der Waals surface area contributed by atoms with Gasteiger partial charge in [-0.05, 0) is 40.2 Å². The molecule has 2 heterocycles. The molecule has 0 unspecified atom stereocenters. The summed E-state index contributed by atoms with van der Waals surface area (Å²) in [5.74, 6) is -2.44. The normalized spacial score (nSPS) is 16.2. The van der Waals surface area contributed by atoms with E-state index < -0.39 is 26.6 Å². The third-order valence-corrected chi connectivity index (χ3v) is 7.39. The van der Waals surface area contributed by atoms with E-state index in [-0.39, 0.29) is 32.1 Å². The van der Waals surface area contributed by atoms with Crippen LogP contribution in [0.3, 0.4) is 0 Å². The maximum Gasteiger partial charge on any atom is 0.264 e. The summed E-state index contributed by atoms with van der Waals surface area (Å²) in [6.45, 7) is 0.274. The van der Waals surface area contributed by atoms with Gasteiger partial charge < -0.3 is 4.90 Å². The van der Waals surface area contributed by atoms with Gasteiger partial charge in [-0.3, -0.25) is 4.79 Å². The van der Waals surface area contributed by atoms with Gasteiger partial charge in [-0.25, -0.2) is 17.2 Å². The fourth-order valence-corrected chi connectivity index (χ4v) is 5.46. The molecular weight excluding hydrogens is 438 g/mol. The second kappa shape index (κ2) is 7.10. The average molecular weight is 451 g/mol. The molecule has 0 saturated carbocycles. The van der Waals surface area contributed by atoms with Gasteiger partial charge in [-0.1, -0.05) is 6.07 Å². The van der Waals surface area contributed by atoms with Crippen molar-refractivity contribution >= 4 is 43.2 Å². The number of amides is 1. The molecule has 2 aromatic rings. The number of rotatable bonds is 3. The lowest BCUT2D eigenvalue weighted by molar-refractivity contribution is 0.0702. The highest BCUT2D eigenvalue weighted by Gasteiger charge is 2.34. The van der Waals surface area contributed by atoms with Gasteiger partial charge in [0.1, 0.15) is 11.6 Å².